The smallest absolute Gasteiger partial charge is 0.260 e. The van der Waals surface area contributed by atoms with E-state index >= 15 is 0 Å². The van der Waals surface area contributed by atoms with Gasteiger partial charge in [0.15, 0.2) is 6.61 Å². The molecular formula is C14H22N2O2. The third-order valence-corrected chi connectivity index (χ3v) is 2.77. The van der Waals surface area contributed by atoms with Crippen molar-refractivity contribution in [3.05, 3.63) is 24.3 Å². The van der Waals surface area contributed by atoms with Crippen molar-refractivity contribution in [2.75, 3.05) is 25.9 Å². The normalized spacial score (nSPS) is 10.1. The molecule has 0 aromatic heterocycles. The summed E-state index contributed by atoms with van der Waals surface area (Å²) in [5.41, 5.74) is 6.25. The molecule has 0 fully saturated rings. The first-order chi connectivity index (χ1) is 8.63. The third-order valence-electron chi connectivity index (χ3n) is 2.77. The summed E-state index contributed by atoms with van der Waals surface area (Å²) in [6.07, 6.45) is 3.35. The number of nitrogen functional groups attached to an aromatic ring is 1. The number of ether oxygens (including phenoxy) is 1. The second kappa shape index (κ2) is 7.58. The van der Waals surface area contributed by atoms with Crippen molar-refractivity contribution in [1.82, 2.24) is 4.90 Å². The molecule has 0 aliphatic carbocycles. The molecule has 0 atom stereocenters. The molecule has 0 heterocycles. The fourth-order valence-corrected chi connectivity index (χ4v) is 1.54. The molecule has 1 aromatic carbocycles. The van der Waals surface area contributed by atoms with Crippen LogP contribution in [0.25, 0.3) is 0 Å². The van der Waals surface area contributed by atoms with Gasteiger partial charge in [0.05, 0.1) is 0 Å². The second-order valence-electron chi connectivity index (χ2n) is 4.38. The lowest BCUT2D eigenvalue weighted by molar-refractivity contribution is -0.132. The maximum atomic E-state index is 11.8. The highest BCUT2D eigenvalue weighted by molar-refractivity contribution is 5.77. The quantitative estimate of drug-likeness (QED) is 0.596. The Kier molecular flexibility index (Phi) is 6.05. The average molecular weight is 250 g/mol. The van der Waals surface area contributed by atoms with Crippen LogP contribution < -0.4 is 10.5 Å². The molecule has 0 bridgehead atoms. The lowest BCUT2D eigenvalue weighted by atomic mass is 10.2. The van der Waals surface area contributed by atoms with Crippen molar-refractivity contribution in [3.8, 4) is 5.75 Å². The first kappa shape index (κ1) is 14.4. The highest BCUT2D eigenvalue weighted by Crippen LogP contribution is 2.13. The molecule has 0 radical (unpaired) electrons. The van der Waals surface area contributed by atoms with Crippen LogP contribution in [-0.2, 0) is 4.79 Å². The van der Waals surface area contributed by atoms with Gasteiger partial charge in [0, 0.05) is 19.3 Å². The van der Waals surface area contributed by atoms with E-state index in [4.69, 9.17) is 10.5 Å². The monoisotopic (exact) mass is 250 g/mol. The number of carbonyl (C=O) groups excluding carboxylic acids is 1. The van der Waals surface area contributed by atoms with Gasteiger partial charge in [-0.15, -0.1) is 0 Å². The number of nitrogens with two attached hydrogens (primary N) is 1. The van der Waals surface area contributed by atoms with Crippen molar-refractivity contribution in [2.45, 2.75) is 26.2 Å². The minimum atomic E-state index is 0.00271. The molecule has 0 unspecified atom stereocenters. The van der Waals surface area contributed by atoms with Crippen LogP contribution >= 0.6 is 0 Å². The fraction of sp³-hybridized carbons (Fsp3) is 0.500. The largest absolute Gasteiger partial charge is 0.484 e. The minimum Gasteiger partial charge on any atom is -0.484 e. The predicted octanol–water partition coefficient (Wildman–Crippen LogP) is 2.30. The molecule has 1 amide bonds. The Morgan fingerprint density at radius 2 is 1.94 bits per heavy atom. The molecule has 0 saturated carbocycles. The molecule has 2 N–H and O–H groups in total. The maximum Gasteiger partial charge on any atom is 0.260 e. The van der Waals surface area contributed by atoms with Crippen LogP contribution in [-0.4, -0.2) is 31.0 Å². The Morgan fingerprint density at radius 3 is 2.56 bits per heavy atom. The van der Waals surface area contributed by atoms with Crippen molar-refractivity contribution in [3.63, 3.8) is 0 Å². The average Bonchev–Trinajstić information content (AvgIpc) is 2.38. The Balaban J connectivity index is 2.29. The highest BCUT2D eigenvalue weighted by atomic mass is 16.5. The number of rotatable bonds is 7. The number of carbonyl (C=O) groups is 1. The minimum absolute atomic E-state index is 0.00271. The Morgan fingerprint density at radius 1 is 1.28 bits per heavy atom. The molecule has 4 heteroatoms. The van der Waals surface area contributed by atoms with E-state index < -0.39 is 0 Å². The molecule has 0 saturated heterocycles. The Labute approximate surface area is 109 Å². The number of benzene rings is 1. The van der Waals surface area contributed by atoms with E-state index in [0.717, 1.165) is 25.8 Å². The number of hydrogen-bond donors (Lipinski definition) is 1. The van der Waals surface area contributed by atoms with Gasteiger partial charge in [0.25, 0.3) is 5.91 Å². The van der Waals surface area contributed by atoms with Crippen molar-refractivity contribution < 1.29 is 9.53 Å². The van der Waals surface area contributed by atoms with Crippen molar-refractivity contribution >= 4 is 11.6 Å². The van der Waals surface area contributed by atoms with Gasteiger partial charge >= 0.3 is 0 Å². The summed E-state index contributed by atoms with van der Waals surface area (Å²) < 4.78 is 5.40. The van der Waals surface area contributed by atoms with Crippen LogP contribution in [0.2, 0.25) is 0 Å². The SMILES string of the molecule is CCCCCN(C)C(=O)COc1ccc(N)cc1. The van der Waals surface area contributed by atoms with E-state index in [1.807, 2.05) is 7.05 Å². The van der Waals surface area contributed by atoms with E-state index in [1.165, 1.54) is 0 Å². The van der Waals surface area contributed by atoms with Crippen molar-refractivity contribution in [1.29, 1.82) is 0 Å². The molecule has 4 nitrogen and oxygen atoms in total. The van der Waals surface area contributed by atoms with Gasteiger partial charge in [-0.3, -0.25) is 4.79 Å². The molecule has 1 rings (SSSR count). The molecule has 0 aliphatic heterocycles. The van der Waals surface area contributed by atoms with Gasteiger partial charge in [-0.05, 0) is 30.7 Å². The van der Waals surface area contributed by atoms with E-state index in [-0.39, 0.29) is 12.5 Å². The van der Waals surface area contributed by atoms with Gasteiger partial charge in [-0.25, -0.2) is 0 Å². The van der Waals surface area contributed by atoms with Gasteiger partial charge < -0.3 is 15.4 Å². The van der Waals surface area contributed by atoms with E-state index in [1.54, 1.807) is 29.2 Å². The molecule has 18 heavy (non-hydrogen) atoms. The summed E-state index contributed by atoms with van der Waals surface area (Å²) in [4.78, 5) is 13.5. The van der Waals surface area contributed by atoms with Gasteiger partial charge in [-0.2, -0.15) is 0 Å². The van der Waals surface area contributed by atoms with Gasteiger partial charge in [0.1, 0.15) is 5.75 Å². The zero-order valence-corrected chi connectivity index (χ0v) is 11.2. The van der Waals surface area contributed by atoms with Crippen LogP contribution in [0.3, 0.4) is 0 Å². The number of likely N-dealkylation sites (N-methyl/N-ethyl adjacent to an activating group) is 1. The standard InChI is InChI=1S/C14H22N2O2/c1-3-4-5-10-16(2)14(17)11-18-13-8-6-12(15)7-9-13/h6-9H,3-5,10-11,15H2,1-2H3. The van der Waals surface area contributed by atoms with Crippen LogP contribution in [0.5, 0.6) is 5.75 Å². The Bertz CT molecular complexity index is 363. The molecule has 0 spiro atoms. The van der Waals surface area contributed by atoms with Crippen LogP contribution in [0.1, 0.15) is 26.2 Å². The number of amides is 1. The molecular weight excluding hydrogens is 228 g/mol. The lowest BCUT2D eigenvalue weighted by Crippen LogP contribution is -2.32. The summed E-state index contributed by atoms with van der Waals surface area (Å²) >= 11 is 0. The van der Waals surface area contributed by atoms with E-state index in [2.05, 4.69) is 6.92 Å². The molecule has 100 valence electrons. The van der Waals surface area contributed by atoms with Crippen molar-refractivity contribution in [2.24, 2.45) is 0 Å². The maximum absolute atomic E-state index is 11.8. The first-order valence-electron chi connectivity index (χ1n) is 6.35. The summed E-state index contributed by atoms with van der Waals surface area (Å²) in [6, 6.07) is 7.04. The predicted molar refractivity (Wildman–Crippen MR) is 73.5 cm³/mol. The number of hydrogen-bond acceptors (Lipinski definition) is 3. The number of anilines is 1. The third kappa shape index (κ3) is 5.08. The molecule has 1 aromatic rings. The highest BCUT2D eigenvalue weighted by Gasteiger charge is 2.08. The zero-order chi connectivity index (χ0) is 13.4. The fourth-order valence-electron chi connectivity index (χ4n) is 1.54. The topological polar surface area (TPSA) is 55.6 Å². The van der Waals surface area contributed by atoms with E-state index in [9.17, 15) is 4.79 Å². The van der Waals surface area contributed by atoms with Gasteiger partial charge in [0.2, 0.25) is 0 Å². The van der Waals surface area contributed by atoms with Gasteiger partial charge in [-0.1, -0.05) is 19.8 Å². The lowest BCUT2D eigenvalue weighted by Gasteiger charge is -2.17. The number of unbranched alkanes of at least 4 members (excludes halogenated alkanes) is 2. The Hall–Kier alpha value is -1.71. The summed E-state index contributed by atoms with van der Waals surface area (Å²) in [5, 5.41) is 0. The summed E-state index contributed by atoms with van der Waals surface area (Å²) in [6.45, 7) is 3.01. The number of nitrogens with zero attached hydrogens (tertiary/aromatic N) is 1. The summed E-state index contributed by atoms with van der Waals surface area (Å²) in [5.74, 6) is 0.669. The van der Waals surface area contributed by atoms with E-state index in [0.29, 0.717) is 11.4 Å². The van der Waals surface area contributed by atoms with Crippen LogP contribution in [0.15, 0.2) is 24.3 Å². The second-order valence-corrected chi connectivity index (χ2v) is 4.38. The first-order valence-corrected chi connectivity index (χ1v) is 6.35. The summed E-state index contributed by atoms with van der Waals surface area (Å²) in [7, 11) is 1.81. The zero-order valence-electron chi connectivity index (χ0n) is 11.2. The van der Waals surface area contributed by atoms with Crippen LogP contribution in [0, 0.1) is 0 Å². The van der Waals surface area contributed by atoms with Crippen LogP contribution in [0.4, 0.5) is 5.69 Å². The molecule has 0 aliphatic rings.